The number of allylic oxidation sites excluding steroid dienone is 1. The number of benzene rings is 2. The molecule has 0 aliphatic carbocycles. The summed E-state index contributed by atoms with van der Waals surface area (Å²) in [6.45, 7) is 13.2. The number of carbonyl (C=O) groups excluding carboxylic acids is 4. The largest absolute Gasteiger partial charge is 0.497 e. The molecule has 0 saturated carbocycles. The number of fused-ring (bicyclic) bond motifs is 1. The van der Waals surface area contributed by atoms with Gasteiger partial charge in [0.15, 0.2) is 6.04 Å². The van der Waals surface area contributed by atoms with E-state index in [1.54, 1.807) is 43.3 Å². The van der Waals surface area contributed by atoms with Crippen molar-refractivity contribution in [3.8, 4) is 18.1 Å². The minimum absolute atomic E-state index is 0.0777. The third-order valence-corrected chi connectivity index (χ3v) is 6.58. The van der Waals surface area contributed by atoms with Gasteiger partial charge in [0.05, 0.1) is 7.11 Å². The van der Waals surface area contributed by atoms with Crippen LogP contribution in [0.5, 0.6) is 5.75 Å². The second kappa shape index (κ2) is 21.3. The first-order valence-electron chi connectivity index (χ1n) is 15.2. The zero-order chi connectivity index (χ0) is 35.4. The van der Waals surface area contributed by atoms with Crippen LogP contribution in [0.3, 0.4) is 0 Å². The summed E-state index contributed by atoms with van der Waals surface area (Å²) in [5.74, 6) is 2.46. The Bertz CT molecular complexity index is 1460. The lowest BCUT2D eigenvalue weighted by Gasteiger charge is -2.23. The lowest BCUT2D eigenvalue weighted by molar-refractivity contribution is -0.119. The molecule has 12 heteroatoms. The van der Waals surface area contributed by atoms with E-state index in [0.29, 0.717) is 19.6 Å². The molecule has 0 radical (unpaired) electrons. The summed E-state index contributed by atoms with van der Waals surface area (Å²) in [6.07, 6.45) is 11.4. The molecule has 12 nitrogen and oxygen atoms in total. The molecule has 1 unspecified atom stereocenters. The molecule has 1 atom stereocenters. The highest BCUT2D eigenvalue weighted by Gasteiger charge is 2.27. The zero-order valence-corrected chi connectivity index (χ0v) is 28.3. The summed E-state index contributed by atoms with van der Waals surface area (Å²) in [5.41, 5.74) is 10.4. The summed E-state index contributed by atoms with van der Waals surface area (Å²) in [6, 6.07) is 12.4. The first kappa shape index (κ1) is 39.6. The highest BCUT2D eigenvalue weighted by molar-refractivity contribution is 6.05. The van der Waals surface area contributed by atoms with Crippen LogP contribution in [0.25, 0.3) is 0 Å². The van der Waals surface area contributed by atoms with E-state index in [1.807, 2.05) is 50.4 Å². The fourth-order valence-electron chi connectivity index (χ4n) is 4.26. The van der Waals surface area contributed by atoms with Gasteiger partial charge in [-0.15, -0.1) is 6.42 Å². The molecule has 0 spiro atoms. The number of hydrogen-bond donors (Lipinski definition) is 4. The van der Waals surface area contributed by atoms with Crippen molar-refractivity contribution in [2.24, 2.45) is 4.99 Å². The number of aliphatic imine (C=N–C) groups is 1. The highest BCUT2D eigenvalue weighted by Crippen LogP contribution is 2.25. The Morgan fingerprint density at radius 3 is 2.34 bits per heavy atom. The minimum atomic E-state index is -0.780. The maximum atomic E-state index is 12.3. The summed E-state index contributed by atoms with van der Waals surface area (Å²) < 4.78 is 5.05. The molecule has 252 valence electrons. The van der Waals surface area contributed by atoms with Gasteiger partial charge in [-0.25, -0.2) is 15.0 Å². The first-order chi connectivity index (χ1) is 22.6. The minimum Gasteiger partial charge on any atom is -0.497 e. The lowest BCUT2D eigenvalue weighted by Crippen LogP contribution is -2.45. The van der Waals surface area contributed by atoms with Gasteiger partial charge in [0.1, 0.15) is 5.75 Å². The van der Waals surface area contributed by atoms with E-state index < -0.39 is 18.0 Å². The molecule has 4 N–H and O–H groups in total. The third-order valence-electron chi connectivity index (χ3n) is 6.58. The predicted molar refractivity (Wildman–Crippen MR) is 186 cm³/mol. The predicted octanol–water partition coefficient (Wildman–Crippen LogP) is 4.19. The molecule has 2 aromatic rings. The van der Waals surface area contributed by atoms with Crippen LogP contribution in [0.2, 0.25) is 0 Å². The Balaban J connectivity index is 0.000000383. The number of imide groups is 1. The summed E-state index contributed by atoms with van der Waals surface area (Å²) >= 11 is 0. The van der Waals surface area contributed by atoms with Crippen LogP contribution in [0.1, 0.15) is 54.7 Å². The van der Waals surface area contributed by atoms with Crippen LogP contribution in [0.15, 0.2) is 71.4 Å². The molecule has 2 heterocycles. The molecule has 0 aromatic heterocycles. The van der Waals surface area contributed by atoms with Gasteiger partial charge in [-0.2, -0.15) is 0 Å². The van der Waals surface area contributed by atoms with Gasteiger partial charge in [-0.05, 0) is 54.5 Å². The smallest absolute Gasteiger partial charge is 0.332 e. The third kappa shape index (κ3) is 12.8. The van der Waals surface area contributed by atoms with Crippen molar-refractivity contribution in [3.05, 3.63) is 88.6 Å². The van der Waals surface area contributed by atoms with Crippen LogP contribution < -0.4 is 26.2 Å². The topological polar surface area (TPSA) is 144 Å². The second-order valence-electron chi connectivity index (χ2n) is 9.84. The van der Waals surface area contributed by atoms with E-state index in [-0.39, 0.29) is 11.9 Å². The number of ether oxygens (including phenoxy) is 1. The lowest BCUT2D eigenvalue weighted by atomic mass is 10.1. The zero-order valence-electron chi connectivity index (χ0n) is 28.3. The number of aryl methyl sites for hydroxylation is 1. The quantitative estimate of drug-likeness (QED) is 0.106. The fraction of sp³-hybridized carbons (Fsp3) is 0.343. The summed E-state index contributed by atoms with van der Waals surface area (Å²) in [7, 11) is 5.07. The Morgan fingerprint density at radius 1 is 1.19 bits per heavy atom. The summed E-state index contributed by atoms with van der Waals surface area (Å²) in [5, 5.41) is 4.20. The monoisotopic (exact) mass is 645 g/mol. The van der Waals surface area contributed by atoms with Gasteiger partial charge in [0.25, 0.3) is 11.8 Å². The second-order valence-corrected chi connectivity index (χ2v) is 9.84. The number of carbonyl (C=O) groups is 4. The molecular weight excluding hydrogens is 598 g/mol. The number of nitrogens with one attached hydrogen (secondary N) is 4. The van der Waals surface area contributed by atoms with Gasteiger partial charge >= 0.3 is 12.1 Å². The highest BCUT2D eigenvalue weighted by atomic mass is 16.5. The van der Waals surface area contributed by atoms with E-state index in [0.717, 1.165) is 34.4 Å². The van der Waals surface area contributed by atoms with E-state index >= 15 is 0 Å². The molecule has 2 aliphatic rings. The number of hydrogen-bond acceptors (Lipinski definition) is 7. The van der Waals surface area contributed by atoms with E-state index in [2.05, 4.69) is 65.0 Å². The number of urea groups is 2. The van der Waals surface area contributed by atoms with Gasteiger partial charge < -0.3 is 19.9 Å². The maximum absolute atomic E-state index is 12.3. The van der Waals surface area contributed by atoms with Gasteiger partial charge in [0.2, 0.25) is 0 Å². The number of amides is 6. The Morgan fingerprint density at radius 2 is 1.85 bits per heavy atom. The number of hydrazine groups is 1. The number of nitrogens with zero attached hydrogens (tertiary/aromatic N) is 3. The Kier molecular flexibility index (Phi) is 18.0. The van der Waals surface area contributed by atoms with Crippen molar-refractivity contribution < 1.29 is 23.9 Å². The standard InChI is InChI=1S/C18H26N4O.C10H11NO2.C5H4N2O2.C2H6/c1-5-7-17(12-19-3)14-22(18(23)21-20-4)13-16-10-8-15(6-2)9-11-16;1-11-6-7-3-4-8(13-2)5-9(7)10(11)12;1-2-3-4(8)7-5(9)6-3;1-2/h5,7-12,20H,3,6,13-14H2,1-2,4H3,(H,21,23);3-5H,6H2,1-2H3;1,3H,(H2,6,7,8,9);1-2H3/b7-5-,17-12+;;;. The fourth-order valence-corrected chi connectivity index (χ4v) is 4.26. The molecule has 1 saturated heterocycles. The SMILES string of the molecule is C#CC1NC(=O)NC1=O.C=N/C=C(\C=C/C)CN(Cc1ccc(CC)cc1)C(=O)NNC.CC.COc1ccc2c(c1)C(=O)N(C)C2. The van der Waals surface area contributed by atoms with Gasteiger partial charge in [0, 0.05) is 45.5 Å². The van der Waals surface area contributed by atoms with Crippen molar-refractivity contribution in [1.29, 1.82) is 0 Å². The average molecular weight is 646 g/mol. The number of methoxy groups -OCH3 is 1. The van der Waals surface area contributed by atoms with Crippen molar-refractivity contribution in [3.63, 3.8) is 0 Å². The van der Waals surface area contributed by atoms with Crippen LogP contribution >= 0.6 is 0 Å². The van der Waals surface area contributed by atoms with Crippen LogP contribution in [0.4, 0.5) is 9.59 Å². The van der Waals surface area contributed by atoms with Crippen molar-refractivity contribution in [1.82, 2.24) is 31.3 Å². The molecular formula is C35H47N7O5. The molecule has 2 aromatic carbocycles. The Hall–Kier alpha value is -5.41. The van der Waals surface area contributed by atoms with Crippen LogP contribution in [-0.2, 0) is 24.3 Å². The van der Waals surface area contributed by atoms with Crippen molar-refractivity contribution in [2.75, 3.05) is 27.7 Å². The van der Waals surface area contributed by atoms with Crippen LogP contribution in [-0.4, -0.2) is 74.2 Å². The first-order valence-corrected chi connectivity index (χ1v) is 15.2. The van der Waals surface area contributed by atoms with E-state index in [1.165, 1.54) is 5.56 Å². The normalized spacial score (nSPS) is 14.5. The number of rotatable bonds is 9. The van der Waals surface area contributed by atoms with Crippen molar-refractivity contribution >= 4 is 30.6 Å². The maximum Gasteiger partial charge on any atom is 0.332 e. The van der Waals surface area contributed by atoms with Gasteiger partial charge in [-0.1, -0.05) is 69.2 Å². The van der Waals surface area contributed by atoms with Crippen LogP contribution in [0, 0.1) is 12.3 Å². The van der Waals surface area contributed by atoms with Crippen molar-refractivity contribution in [2.45, 2.75) is 53.2 Å². The molecule has 4 rings (SSSR count). The van der Waals surface area contributed by atoms with E-state index in [4.69, 9.17) is 11.2 Å². The molecule has 47 heavy (non-hydrogen) atoms. The molecule has 0 bridgehead atoms. The summed E-state index contributed by atoms with van der Waals surface area (Å²) in [4.78, 5) is 51.8. The van der Waals surface area contributed by atoms with E-state index in [9.17, 15) is 19.2 Å². The number of terminal acetylenes is 1. The average Bonchev–Trinajstić information content (AvgIpc) is 3.57. The molecule has 1 fully saturated rings. The molecule has 6 amide bonds. The molecule has 2 aliphatic heterocycles. The van der Waals surface area contributed by atoms with Gasteiger partial charge in [-0.3, -0.25) is 25.3 Å². The Labute approximate surface area is 278 Å².